The van der Waals surface area contributed by atoms with Gasteiger partial charge in [-0.25, -0.2) is 0 Å². The van der Waals surface area contributed by atoms with E-state index in [0.29, 0.717) is 10.6 Å². The van der Waals surface area contributed by atoms with Gasteiger partial charge in [0.2, 0.25) is 0 Å². The molecule has 0 spiro atoms. The molecule has 92 valence electrons. The van der Waals surface area contributed by atoms with Crippen LogP contribution in [-0.4, -0.2) is 16.4 Å². The first-order chi connectivity index (χ1) is 7.74. The lowest BCUT2D eigenvalue weighted by Crippen LogP contribution is -2.36. The summed E-state index contributed by atoms with van der Waals surface area (Å²) >= 11 is 4.32. The predicted molar refractivity (Wildman–Crippen MR) is 71.6 cm³/mol. The molecule has 0 atom stereocenters. The van der Waals surface area contributed by atoms with Crippen LogP contribution in [0.5, 0.6) is 5.75 Å². The number of pyridine rings is 1. The lowest BCUT2D eigenvalue weighted by atomic mass is 10.1. The fourth-order valence-electron chi connectivity index (χ4n) is 1.19. The van der Waals surface area contributed by atoms with Crippen molar-refractivity contribution in [3.05, 3.63) is 24.5 Å². The Morgan fingerprint density at radius 3 is 2.47 bits per heavy atom. The third kappa shape index (κ3) is 3.33. The molecule has 0 N–H and O–H groups in total. The molecule has 3 nitrogen and oxygen atoms in total. The number of aromatic nitrogens is 1. The zero-order chi connectivity index (χ0) is 13.2. The number of carbonyl (C=O) groups excluding carboxylic acids is 1. The predicted octanol–water partition coefficient (Wildman–Crippen LogP) is 3.15. The van der Waals surface area contributed by atoms with E-state index in [-0.39, 0.29) is 5.78 Å². The zero-order valence-corrected chi connectivity index (χ0v) is 11.5. The van der Waals surface area contributed by atoms with E-state index in [2.05, 4.69) is 24.2 Å². The molecule has 0 aliphatic rings. The highest BCUT2D eigenvalue weighted by molar-refractivity contribution is 7.80. The molecule has 0 bridgehead atoms. The van der Waals surface area contributed by atoms with E-state index in [1.807, 2.05) is 6.92 Å². The van der Waals surface area contributed by atoms with Gasteiger partial charge in [0.15, 0.2) is 11.4 Å². The number of allylic oxidation sites excluding steroid dienone is 1. The van der Waals surface area contributed by atoms with Gasteiger partial charge in [0.05, 0.1) is 11.9 Å². The number of thiol groups is 1. The van der Waals surface area contributed by atoms with Gasteiger partial charge in [-0.2, -0.15) is 0 Å². The Bertz CT molecular complexity index is 466. The van der Waals surface area contributed by atoms with Crippen molar-refractivity contribution in [2.45, 2.75) is 38.2 Å². The number of nitrogens with zero attached hydrogens (tertiary/aromatic N) is 1. The summed E-state index contributed by atoms with van der Waals surface area (Å²) in [6, 6.07) is 1.74. The van der Waals surface area contributed by atoms with E-state index < -0.39 is 5.60 Å². The van der Waals surface area contributed by atoms with Crippen molar-refractivity contribution >= 4 is 24.0 Å². The number of hydrogen-bond acceptors (Lipinski definition) is 4. The van der Waals surface area contributed by atoms with Crippen molar-refractivity contribution in [2.24, 2.45) is 0 Å². The van der Waals surface area contributed by atoms with E-state index in [9.17, 15) is 4.79 Å². The second-order valence-corrected chi connectivity index (χ2v) is 4.97. The maximum absolute atomic E-state index is 11.4. The standard InChI is InChI=1S/C13H17NO2S/c1-8(2)12-11(17)6-10(7-14-12)16-13(4,5)9(3)15/h6-7,17H,1H2,2-5H3. The third-order valence-corrected chi connectivity index (χ3v) is 2.81. The van der Waals surface area contributed by atoms with Gasteiger partial charge >= 0.3 is 0 Å². The van der Waals surface area contributed by atoms with E-state index in [1.54, 1.807) is 26.1 Å². The Kier molecular flexibility index (Phi) is 3.98. The summed E-state index contributed by atoms with van der Waals surface area (Å²) in [7, 11) is 0. The van der Waals surface area contributed by atoms with Gasteiger partial charge in [-0.05, 0) is 39.3 Å². The quantitative estimate of drug-likeness (QED) is 0.835. The summed E-state index contributed by atoms with van der Waals surface area (Å²) in [4.78, 5) is 16.2. The first kappa shape index (κ1) is 13.8. The van der Waals surface area contributed by atoms with Crippen LogP contribution in [0.2, 0.25) is 0 Å². The minimum absolute atomic E-state index is 0.0396. The van der Waals surface area contributed by atoms with Crippen LogP contribution in [0.1, 0.15) is 33.4 Å². The molecule has 0 amide bonds. The Balaban J connectivity index is 2.99. The van der Waals surface area contributed by atoms with E-state index in [0.717, 1.165) is 11.3 Å². The average molecular weight is 251 g/mol. The second kappa shape index (κ2) is 4.92. The van der Waals surface area contributed by atoms with Crippen molar-refractivity contribution in [2.75, 3.05) is 0 Å². The molecule has 1 aromatic heterocycles. The molecule has 1 rings (SSSR count). The van der Waals surface area contributed by atoms with E-state index in [1.165, 1.54) is 6.92 Å². The lowest BCUT2D eigenvalue weighted by molar-refractivity contribution is -0.129. The summed E-state index contributed by atoms with van der Waals surface area (Å²) < 4.78 is 5.59. The number of carbonyl (C=O) groups is 1. The molecule has 0 unspecified atom stereocenters. The number of hydrogen-bond donors (Lipinski definition) is 1. The lowest BCUT2D eigenvalue weighted by Gasteiger charge is -2.23. The molecule has 0 fully saturated rings. The van der Waals surface area contributed by atoms with Gasteiger partial charge in [-0.3, -0.25) is 9.78 Å². The summed E-state index contributed by atoms with van der Waals surface area (Å²) in [5.74, 6) is 0.488. The fraction of sp³-hybridized carbons (Fsp3) is 0.385. The molecule has 1 aromatic rings. The molecule has 4 heteroatoms. The number of ketones is 1. The fourth-order valence-corrected chi connectivity index (χ4v) is 1.56. The molecule has 0 aliphatic heterocycles. The highest BCUT2D eigenvalue weighted by Gasteiger charge is 2.26. The van der Waals surface area contributed by atoms with Crippen molar-refractivity contribution in [1.82, 2.24) is 4.98 Å². The normalized spacial score (nSPS) is 11.1. The van der Waals surface area contributed by atoms with Crippen LogP contribution in [0.4, 0.5) is 0 Å². The summed E-state index contributed by atoms with van der Waals surface area (Å²) in [6.07, 6.45) is 1.58. The maximum Gasteiger partial charge on any atom is 0.172 e. The first-order valence-electron chi connectivity index (χ1n) is 5.29. The number of ether oxygens (including phenoxy) is 1. The molecular weight excluding hydrogens is 234 g/mol. The van der Waals surface area contributed by atoms with Crippen LogP contribution in [0.3, 0.4) is 0 Å². The average Bonchev–Trinajstić information content (AvgIpc) is 2.15. The Hall–Kier alpha value is -1.29. The monoisotopic (exact) mass is 251 g/mol. The summed E-state index contributed by atoms with van der Waals surface area (Å²) in [5.41, 5.74) is 0.723. The highest BCUT2D eigenvalue weighted by atomic mass is 32.1. The molecular formula is C13H17NO2S. The molecule has 0 aliphatic carbocycles. The summed E-state index contributed by atoms with van der Waals surface area (Å²) in [5, 5.41) is 0. The Morgan fingerprint density at radius 1 is 1.47 bits per heavy atom. The van der Waals surface area contributed by atoms with Crippen LogP contribution >= 0.6 is 12.6 Å². The maximum atomic E-state index is 11.4. The number of Topliss-reactive ketones (excluding diaryl/α,β-unsaturated/α-hetero) is 1. The summed E-state index contributed by atoms with van der Waals surface area (Å²) in [6.45, 7) is 10.6. The molecule has 0 radical (unpaired) electrons. The molecule has 0 saturated carbocycles. The number of rotatable bonds is 4. The van der Waals surface area contributed by atoms with Gasteiger partial charge in [0, 0.05) is 4.90 Å². The van der Waals surface area contributed by atoms with Crippen molar-refractivity contribution < 1.29 is 9.53 Å². The third-order valence-electron chi connectivity index (χ3n) is 2.47. The minimum Gasteiger partial charge on any atom is -0.478 e. The van der Waals surface area contributed by atoms with Crippen LogP contribution in [0, 0.1) is 0 Å². The van der Waals surface area contributed by atoms with Crippen LogP contribution < -0.4 is 4.74 Å². The van der Waals surface area contributed by atoms with Crippen LogP contribution in [0.15, 0.2) is 23.7 Å². The largest absolute Gasteiger partial charge is 0.478 e. The highest BCUT2D eigenvalue weighted by Crippen LogP contribution is 2.25. The SMILES string of the molecule is C=C(C)c1ncc(OC(C)(C)C(C)=O)cc1S. The molecule has 0 saturated heterocycles. The minimum atomic E-state index is -0.855. The van der Waals surface area contributed by atoms with E-state index >= 15 is 0 Å². The Labute approximate surface area is 107 Å². The van der Waals surface area contributed by atoms with Gasteiger partial charge in [-0.1, -0.05) is 6.58 Å². The van der Waals surface area contributed by atoms with Crippen molar-refractivity contribution in [3.63, 3.8) is 0 Å². The Morgan fingerprint density at radius 2 is 2.06 bits per heavy atom. The van der Waals surface area contributed by atoms with Crippen molar-refractivity contribution in [1.29, 1.82) is 0 Å². The first-order valence-corrected chi connectivity index (χ1v) is 5.73. The topological polar surface area (TPSA) is 39.2 Å². The molecule has 17 heavy (non-hydrogen) atoms. The van der Waals surface area contributed by atoms with Crippen LogP contribution in [-0.2, 0) is 4.79 Å². The van der Waals surface area contributed by atoms with Gasteiger partial charge in [0.1, 0.15) is 5.75 Å². The van der Waals surface area contributed by atoms with Crippen LogP contribution in [0.25, 0.3) is 5.57 Å². The zero-order valence-electron chi connectivity index (χ0n) is 10.6. The smallest absolute Gasteiger partial charge is 0.172 e. The van der Waals surface area contributed by atoms with Gasteiger partial charge < -0.3 is 4.74 Å². The van der Waals surface area contributed by atoms with Gasteiger partial charge in [0.25, 0.3) is 0 Å². The van der Waals surface area contributed by atoms with Gasteiger partial charge in [-0.15, -0.1) is 12.6 Å². The van der Waals surface area contributed by atoms with Crippen molar-refractivity contribution in [3.8, 4) is 5.75 Å². The molecule has 0 aromatic carbocycles. The molecule has 1 heterocycles. The van der Waals surface area contributed by atoms with E-state index in [4.69, 9.17) is 4.74 Å². The second-order valence-electron chi connectivity index (χ2n) is 4.49.